The smallest absolute Gasteiger partial charge is 0.163 e. The van der Waals surface area contributed by atoms with Crippen molar-refractivity contribution in [3.8, 4) is 22.8 Å². The van der Waals surface area contributed by atoms with E-state index in [1.165, 1.54) is 24.0 Å². The van der Waals surface area contributed by atoms with Gasteiger partial charge in [-0.1, -0.05) is 26.0 Å². The summed E-state index contributed by atoms with van der Waals surface area (Å²) in [6.45, 7) is 5.14. The normalized spacial score (nSPS) is 18.6. The summed E-state index contributed by atoms with van der Waals surface area (Å²) in [7, 11) is 0. The first-order valence-electron chi connectivity index (χ1n) is 9.56. The molecule has 4 heteroatoms. The first-order chi connectivity index (χ1) is 12.7. The van der Waals surface area contributed by atoms with Gasteiger partial charge in [-0.3, -0.25) is 0 Å². The molecule has 0 N–H and O–H groups in total. The van der Waals surface area contributed by atoms with Crippen molar-refractivity contribution >= 4 is 0 Å². The average Bonchev–Trinajstić information content (AvgIpc) is 3.34. The lowest BCUT2D eigenvalue weighted by atomic mass is 10.0. The molecule has 0 bridgehead atoms. The van der Waals surface area contributed by atoms with Crippen molar-refractivity contribution in [2.24, 2.45) is 0 Å². The second kappa shape index (κ2) is 5.97. The molecule has 26 heavy (non-hydrogen) atoms. The Labute approximate surface area is 153 Å². The fourth-order valence-corrected chi connectivity index (χ4v) is 3.59. The van der Waals surface area contributed by atoms with Gasteiger partial charge in [-0.15, -0.1) is 0 Å². The van der Waals surface area contributed by atoms with Crippen molar-refractivity contribution in [2.75, 3.05) is 6.61 Å². The predicted octanol–water partition coefficient (Wildman–Crippen LogP) is 4.87. The summed E-state index contributed by atoms with van der Waals surface area (Å²) in [6, 6.07) is 15.1. The van der Waals surface area contributed by atoms with E-state index >= 15 is 0 Å². The third kappa shape index (κ3) is 2.61. The molecule has 2 heterocycles. The summed E-state index contributed by atoms with van der Waals surface area (Å²) >= 11 is 0. The standard InChI is InChI=1S/C22H23N3O/c1-3-15-4-9-18(10-5-15)25-22(23-21(24-25)16-6-7-16)17-8-11-20-19(12-17)14(2)13-26-20/h4-5,8-12,14,16H,3,6-7,13H2,1-2H3. The number of nitrogens with zero attached hydrogens (tertiary/aromatic N) is 3. The highest BCUT2D eigenvalue weighted by Gasteiger charge is 2.30. The van der Waals surface area contributed by atoms with E-state index in [1.54, 1.807) is 0 Å². The highest BCUT2D eigenvalue weighted by molar-refractivity contribution is 5.62. The third-order valence-electron chi connectivity index (χ3n) is 5.44. The monoisotopic (exact) mass is 345 g/mol. The summed E-state index contributed by atoms with van der Waals surface area (Å²) in [5, 5.41) is 4.86. The summed E-state index contributed by atoms with van der Waals surface area (Å²) in [4.78, 5) is 4.92. The molecule has 1 aliphatic carbocycles. The van der Waals surface area contributed by atoms with Crippen molar-refractivity contribution in [1.82, 2.24) is 14.8 Å². The van der Waals surface area contributed by atoms with Gasteiger partial charge in [0.25, 0.3) is 0 Å². The number of rotatable bonds is 4. The Bertz CT molecular complexity index is 954. The van der Waals surface area contributed by atoms with Crippen molar-refractivity contribution in [3.05, 3.63) is 59.4 Å². The highest BCUT2D eigenvalue weighted by Crippen LogP contribution is 2.40. The zero-order chi connectivity index (χ0) is 17.7. The summed E-state index contributed by atoms with van der Waals surface area (Å²) < 4.78 is 7.76. The van der Waals surface area contributed by atoms with Crippen LogP contribution in [-0.4, -0.2) is 21.4 Å². The molecular formula is C22H23N3O. The lowest BCUT2D eigenvalue weighted by molar-refractivity contribution is 0.337. The van der Waals surface area contributed by atoms with Crippen molar-refractivity contribution in [3.63, 3.8) is 0 Å². The Hall–Kier alpha value is -2.62. The van der Waals surface area contributed by atoms with Crippen LogP contribution >= 0.6 is 0 Å². The minimum absolute atomic E-state index is 0.424. The number of hydrogen-bond acceptors (Lipinski definition) is 3. The average molecular weight is 345 g/mol. The first-order valence-corrected chi connectivity index (χ1v) is 9.56. The summed E-state index contributed by atoms with van der Waals surface area (Å²) in [6.07, 6.45) is 3.45. The van der Waals surface area contributed by atoms with Gasteiger partial charge in [-0.2, -0.15) is 5.10 Å². The molecule has 2 aromatic carbocycles. The maximum Gasteiger partial charge on any atom is 0.163 e. The lowest BCUT2D eigenvalue weighted by Crippen LogP contribution is -2.00. The topological polar surface area (TPSA) is 39.9 Å². The maximum absolute atomic E-state index is 5.75. The van der Waals surface area contributed by atoms with Crippen LogP contribution in [0.4, 0.5) is 0 Å². The van der Waals surface area contributed by atoms with Crippen LogP contribution in [0.2, 0.25) is 0 Å². The number of hydrogen-bond donors (Lipinski definition) is 0. The lowest BCUT2D eigenvalue weighted by Gasteiger charge is -2.09. The van der Waals surface area contributed by atoms with E-state index in [0.29, 0.717) is 11.8 Å². The van der Waals surface area contributed by atoms with Crippen LogP contribution in [0.3, 0.4) is 0 Å². The second-order valence-corrected chi connectivity index (χ2v) is 7.46. The molecule has 3 aromatic rings. The van der Waals surface area contributed by atoms with Crippen LogP contribution in [0.1, 0.15) is 55.5 Å². The molecule has 132 valence electrons. The molecule has 1 fully saturated rings. The molecule has 1 saturated carbocycles. The molecule has 1 aromatic heterocycles. The molecule has 0 saturated heterocycles. The van der Waals surface area contributed by atoms with Crippen molar-refractivity contribution in [1.29, 1.82) is 0 Å². The van der Waals surface area contributed by atoms with Gasteiger partial charge in [0.2, 0.25) is 0 Å². The summed E-state index contributed by atoms with van der Waals surface area (Å²) in [5.41, 5.74) is 4.79. The summed E-state index contributed by atoms with van der Waals surface area (Å²) in [5.74, 6) is 3.86. The SMILES string of the molecule is CCc1ccc(-n2nc(C3CC3)nc2-c2ccc3c(c2)C(C)CO3)cc1. The van der Waals surface area contributed by atoms with Gasteiger partial charge in [0.1, 0.15) is 5.75 Å². The first kappa shape index (κ1) is 15.6. The quantitative estimate of drug-likeness (QED) is 0.677. The van der Waals surface area contributed by atoms with Gasteiger partial charge < -0.3 is 4.74 Å². The Morgan fingerprint density at radius 1 is 1.12 bits per heavy atom. The fraction of sp³-hybridized carbons (Fsp3) is 0.364. The fourth-order valence-electron chi connectivity index (χ4n) is 3.59. The number of aromatic nitrogens is 3. The predicted molar refractivity (Wildman–Crippen MR) is 102 cm³/mol. The minimum Gasteiger partial charge on any atom is -0.493 e. The molecule has 1 aliphatic heterocycles. The van der Waals surface area contributed by atoms with Gasteiger partial charge in [0, 0.05) is 23.0 Å². The Morgan fingerprint density at radius 2 is 1.92 bits per heavy atom. The van der Waals surface area contributed by atoms with Gasteiger partial charge in [-0.05, 0) is 55.2 Å². The minimum atomic E-state index is 0.424. The van der Waals surface area contributed by atoms with E-state index in [9.17, 15) is 0 Å². The van der Waals surface area contributed by atoms with E-state index in [2.05, 4.69) is 56.3 Å². The number of fused-ring (bicyclic) bond motifs is 1. The number of benzene rings is 2. The van der Waals surface area contributed by atoms with Crippen molar-refractivity contribution in [2.45, 2.75) is 44.9 Å². The van der Waals surface area contributed by atoms with Gasteiger partial charge in [0.15, 0.2) is 11.6 Å². The zero-order valence-corrected chi connectivity index (χ0v) is 15.3. The van der Waals surface area contributed by atoms with E-state index in [0.717, 1.165) is 41.7 Å². The van der Waals surface area contributed by atoms with Crippen LogP contribution in [0.5, 0.6) is 5.75 Å². The van der Waals surface area contributed by atoms with Crippen LogP contribution in [0, 0.1) is 0 Å². The van der Waals surface area contributed by atoms with Crippen LogP contribution in [0.15, 0.2) is 42.5 Å². The molecule has 4 nitrogen and oxygen atoms in total. The Kier molecular flexibility index (Phi) is 3.59. The van der Waals surface area contributed by atoms with Gasteiger partial charge >= 0.3 is 0 Å². The number of aryl methyl sites for hydroxylation is 1. The Morgan fingerprint density at radius 3 is 2.65 bits per heavy atom. The molecule has 5 rings (SSSR count). The molecular weight excluding hydrogens is 322 g/mol. The molecule has 2 aliphatic rings. The molecule has 0 spiro atoms. The van der Waals surface area contributed by atoms with E-state index < -0.39 is 0 Å². The largest absolute Gasteiger partial charge is 0.493 e. The molecule has 0 amide bonds. The van der Waals surface area contributed by atoms with E-state index in [4.69, 9.17) is 14.8 Å². The van der Waals surface area contributed by atoms with Crippen LogP contribution in [0.25, 0.3) is 17.1 Å². The molecule has 1 atom stereocenters. The van der Waals surface area contributed by atoms with Gasteiger partial charge in [0.05, 0.1) is 12.3 Å². The molecule has 0 radical (unpaired) electrons. The third-order valence-corrected chi connectivity index (χ3v) is 5.44. The van der Waals surface area contributed by atoms with E-state index in [-0.39, 0.29) is 0 Å². The second-order valence-electron chi connectivity index (χ2n) is 7.46. The van der Waals surface area contributed by atoms with Crippen LogP contribution in [-0.2, 0) is 6.42 Å². The van der Waals surface area contributed by atoms with E-state index in [1.807, 2.05) is 4.68 Å². The zero-order valence-electron chi connectivity index (χ0n) is 15.3. The van der Waals surface area contributed by atoms with Crippen LogP contribution < -0.4 is 4.74 Å². The molecule has 1 unspecified atom stereocenters. The van der Waals surface area contributed by atoms with Gasteiger partial charge in [-0.25, -0.2) is 9.67 Å². The maximum atomic E-state index is 5.75. The number of ether oxygens (including phenoxy) is 1. The van der Waals surface area contributed by atoms with Crippen molar-refractivity contribution < 1.29 is 4.74 Å². The Balaban J connectivity index is 1.62. The highest BCUT2D eigenvalue weighted by atomic mass is 16.5.